The van der Waals surface area contributed by atoms with Crippen LogP contribution in [0.3, 0.4) is 0 Å². The molecule has 0 aromatic heterocycles. The molecule has 4 heteroatoms. The lowest BCUT2D eigenvalue weighted by molar-refractivity contribution is -0.112. The predicted molar refractivity (Wildman–Crippen MR) is 133 cm³/mol. The Balaban J connectivity index is 1.41. The predicted octanol–water partition coefficient (Wildman–Crippen LogP) is 6.58. The summed E-state index contributed by atoms with van der Waals surface area (Å²) >= 11 is 0. The number of hydrogen-bond acceptors (Lipinski definition) is 3. The van der Waals surface area contributed by atoms with Gasteiger partial charge >= 0.3 is 0 Å². The molecule has 0 aliphatic heterocycles. The molecular formula is C29H24N2O2. The minimum atomic E-state index is -0.430. The van der Waals surface area contributed by atoms with Crippen molar-refractivity contribution < 1.29 is 9.53 Å². The largest absolute Gasteiger partial charge is 0.489 e. The Labute approximate surface area is 193 Å². The third-order valence-corrected chi connectivity index (χ3v) is 5.41. The average Bonchev–Trinajstić information content (AvgIpc) is 2.83. The van der Waals surface area contributed by atoms with E-state index in [9.17, 15) is 10.1 Å². The van der Waals surface area contributed by atoms with Gasteiger partial charge in [-0.15, -0.1) is 0 Å². The van der Waals surface area contributed by atoms with E-state index < -0.39 is 5.91 Å². The van der Waals surface area contributed by atoms with Crippen LogP contribution in [0.25, 0.3) is 16.8 Å². The number of ether oxygens (including phenoxy) is 1. The topological polar surface area (TPSA) is 62.1 Å². The standard InChI is InChI=1S/C29H24N2O2/c1-20-7-14-28(21(2)15-20)31-29(32)26(18-30)16-22-9-12-27(13-10-22)33-19-23-8-11-24-5-3-4-6-25(24)17-23/h3-17H,19H2,1-2H3,(H,31,32)/b26-16+. The van der Waals surface area contributed by atoms with E-state index in [0.717, 1.165) is 28.0 Å². The Hall–Kier alpha value is -4.36. The van der Waals surface area contributed by atoms with Crippen LogP contribution < -0.4 is 10.1 Å². The molecule has 4 nitrogen and oxygen atoms in total. The van der Waals surface area contributed by atoms with Gasteiger partial charge in [-0.05, 0) is 71.7 Å². The van der Waals surface area contributed by atoms with Crippen molar-refractivity contribution >= 4 is 28.4 Å². The van der Waals surface area contributed by atoms with Crippen molar-refractivity contribution in [2.24, 2.45) is 0 Å². The molecule has 4 aromatic carbocycles. The van der Waals surface area contributed by atoms with Crippen molar-refractivity contribution in [2.75, 3.05) is 5.32 Å². The number of amides is 1. The Morgan fingerprint density at radius 3 is 2.42 bits per heavy atom. The van der Waals surface area contributed by atoms with Crippen LogP contribution in [0.2, 0.25) is 0 Å². The minimum absolute atomic E-state index is 0.0415. The van der Waals surface area contributed by atoms with E-state index in [-0.39, 0.29) is 5.57 Å². The molecule has 0 atom stereocenters. The van der Waals surface area contributed by atoms with Gasteiger partial charge in [0.1, 0.15) is 24.0 Å². The molecule has 33 heavy (non-hydrogen) atoms. The Morgan fingerprint density at radius 2 is 1.70 bits per heavy atom. The number of nitriles is 1. The van der Waals surface area contributed by atoms with Gasteiger partial charge in [-0.1, -0.05) is 66.2 Å². The molecule has 0 saturated heterocycles. The summed E-state index contributed by atoms with van der Waals surface area (Å²) < 4.78 is 5.91. The number of benzene rings is 4. The lowest BCUT2D eigenvalue weighted by Gasteiger charge is -2.09. The van der Waals surface area contributed by atoms with E-state index in [2.05, 4.69) is 35.6 Å². The molecule has 0 unspecified atom stereocenters. The first-order valence-electron chi connectivity index (χ1n) is 10.7. The summed E-state index contributed by atoms with van der Waals surface area (Å²) in [5.74, 6) is 0.291. The third kappa shape index (κ3) is 5.47. The summed E-state index contributed by atoms with van der Waals surface area (Å²) in [6, 6.07) is 29.6. The quantitative estimate of drug-likeness (QED) is 0.276. The van der Waals surface area contributed by atoms with Crippen molar-refractivity contribution in [3.05, 3.63) is 113 Å². The van der Waals surface area contributed by atoms with Crippen LogP contribution in [-0.2, 0) is 11.4 Å². The molecule has 0 saturated carbocycles. The first-order chi connectivity index (χ1) is 16.0. The highest BCUT2D eigenvalue weighted by Gasteiger charge is 2.11. The number of carbonyl (C=O) groups is 1. The normalized spacial score (nSPS) is 11.1. The maximum Gasteiger partial charge on any atom is 0.266 e. The lowest BCUT2D eigenvalue weighted by Crippen LogP contribution is -2.14. The summed E-state index contributed by atoms with van der Waals surface area (Å²) in [5, 5.41) is 14.7. The molecule has 0 aliphatic carbocycles. The molecule has 0 heterocycles. The Kier molecular flexibility index (Phi) is 6.52. The smallest absolute Gasteiger partial charge is 0.266 e. The number of hydrogen-bond donors (Lipinski definition) is 1. The fourth-order valence-corrected chi connectivity index (χ4v) is 3.61. The highest BCUT2D eigenvalue weighted by molar-refractivity contribution is 6.10. The van der Waals surface area contributed by atoms with Crippen LogP contribution in [0.5, 0.6) is 5.75 Å². The van der Waals surface area contributed by atoms with Gasteiger partial charge in [0.2, 0.25) is 0 Å². The molecule has 1 N–H and O–H groups in total. The number of nitrogens with one attached hydrogen (secondary N) is 1. The zero-order valence-corrected chi connectivity index (χ0v) is 18.6. The van der Waals surface area contributed by atoms with E-state index >= 15 is 0 Å². The molecule has 0 spiro atoms. The highest BCUT2D eigenvalue weighted by Crippen LogP contribution is 2.20. The van der Waals surface area contributed by atoms with Crippen molar-refractivity contribution in [2.45, 2.75) is 20.5 Å². The number of fused-ring (bicyclic) bond motifs is 1. The van der Waals surface area contributed by atoms with E-state index in [1.54, 1.807) is 6.08 Å². The molecule has 0 aliphatic rings. The van der Waals surface area contributed by atoms with Gasteiger partial charge in [0.25, 0.3) is 5.91 Å². The zero-order chi connectivity index (χ0) is 23.2. The van der Waals surface area contributed by atoms with Gasteiger partial charge in [-0.3, -0.25) is 4.79 Å². The fraction of sp³-hybridized carbons (Fsp3) is 0.103. The highest BCUT2D eigenvalue weighted by atomic mass is 16.5. The van der Waals surface area contributed by atoms with E-state index in [4.69, 9.17) is 4.74 Å². The van der Waals surface area contributed by atoms with Crippen molar-refractivity contribution in [1.82, 2.24) is 0 Å². The first-order valence-corrected chi connectivity index (χ1v) is 10.7. The van der Waals surface area contributed by atoms with Gasteiger partial charge in [0, 0.05) is 5.69 Å². The summed E-state index contributed by atoms with van der Waals surface area (Å²) in [6.45, 7) is 4.38. The van der Waals surface area contributed by atoms with Gasteiger partial charge in [0.15, 0.2) is 0 Å². The number of carbonyl (C=O) groups excluding carboxylic acids is 1. The number of nitrogens with zero attached hydrogens (tertiary/aromatic N) is 1. The van der Waals surface area contributed by atoms with Crippen LogP contribution in [0.1, 0.15) is 22.3 Å². The molecule has 1 amide bonds. The summed E-state index contributed by atoms with van der Waals surface area (Å²) in [4.78, 5) is 12.6. The molecule has 0 bridgehead atoms. The summed E-state index contributed by atoms with van der Waals surface area (Å²) in [6.07, 6.45) is 1.58. The molecule has 0 radical (unpaired) electrons. The number of aryl methyl sites for hydroxylation is 2. The first kappa shape index (κ1) is 21.9. The third-order valence-electron chi connectivity index (χ3n) is 5.41. The van der Waals surface area contributed by atoms with Crippen LogP contribution in [0, 0.1) is 25.2 Å². The van der Waals surface area contributed by atoms with E-state index in [1.807, 2.05) is 74.5 Å². The van der Waals surface area contributed by atoms with E-state index in [0.29, 0.717) is 12.3 Å². The number of rotatable bonds is 6. The molecule has 4 aromatic rings. The zero-order valence-electron chi connectivity index (χ0n) is 18.6. The van der Waals surface area contributed by atoms with Crippen LogP contribution >= 0.6 is 0 Å². The Bertz CT molecular complexity index is 1380. The van der Waals surface area contributed by atoms with Crippen molar-refractivity contribution in [3.8, 4) is 11.8 Å². The van der Waals surface area contributed by atoms with Gasteiger partial charge < -0.3 is 10.1 Å². The second-order valence-electron chi connectivity index (χ2n) is 7.98. The minimum Gasteiger partial charge on any atom is -0.489 e. The van der Waals surface area contributed by atoms with Crippen molar-refractivity contribution in [1.29, 1.82) is 5.26 Å². The molecule has 4 rings (SSSR count). The van der Waals surface area contributed by atoms with Gasteiger partial charge in [0.05, 0.1) is 0 Å². The fourth-order valence-electron chi connectivity index (χ4n) is 3.61. The number of anilines is 1. The summed E-state index contributed by atoms with van der Waals surface area (Å²) in [7, 11) is 0. The van der Waals surface area contributed by atoms with Gasteiger partial charge in [-0.2, -0.15) is 5.26 Å². The molecular weight excluding hydrogens is 408 g/mol. The van der Waals surface area contributed by atoms with Crippen LogP contribution in [0.4, 0.5) is 5.69 Å². The van der Waals surface area contributed by atoms with Crippen molar-refractivity contribution in [3.63, 3.8) is 0 Å². The second-order valence-corrected chi connectivity index (χ2v) is 7.98. The van der Waals surface area contributed by atoms with Crippen LogP contribution in [0.15, 0.2) is 90.5 Å². The lowest BCUT2D eigenvalue weighted by atomic mass is 10.1. The monoisotopic (exact) mass is 432 g/mol. The van der Waals surface area contributed by atoms with E-state index in [1.165, 1.54) is 10.8 Å². The summed E-state index contributed by atoms with van der Waals surface area (Å²) in [5.41, 5.74) is 4.65. The Morgan fingerprint density at radius 1 is 0.939 bits per heavy atom. The van der Waals surface area contributed by atoms with Crippen LogP contribution in [-0.4, -0.2) is 5.91 Å². The maximum atomic E-state index is 12.6. The maximum absolute atomic E-state index is 12.6. The second kappa shape index (κ2) is 9.84. The molecule has 162 valence electrons. The average molecular weight is 433 g/mol. The van der Waals surface area contributed by atoms with Gasteiger partial charge in [-0.25, -0.2) is 0 Å². The SMILES string of the molecule is Cc1ccc(NC(=O)/C(C#N)=C/c2ccc(OCc3ccc4ccccc4c3)cc2)c(C)c1. The molecule has 0 fully saturated rings.